The lowest BCUT2D eigenvalue weighted by atomic mass is 9.98. The normalized spacial score (nSPS) is 12.4. The van der Waals surface area contributed by atoms with Crippen LogP contribution in [0.25, 0.3) is 0 Å². The van der Waals surface area contributed by atoms with Crippen molar-refractivity contribution in [1.82, 2.24) is 5.32 Å². The molecule has 1 amide bonds. The maximum atomic E-state index is 12.0. The highest BCUT2D eigenvalue weighted by atomic mass is 16.6. The fraction of sp³-hybridized carbons (Fsp3) is 0.893. The number of ether oxygens (including phenoxy) is 5. The standard InChI is InChI=1S/C28H56BNO7/c1-33-17-18-34-19-20-35-21-22-36-23-24-37-26-28(32)30-27(25-31)15-13-11-9-7-5-3-2-4-6-8-10-12-14-16-29/h11,13,27,31H,2-10,12,14-26,29H2,1H3,(H,30,32)/b13-11+. The molecule has 0 aromatic carbocycles. The molecule has 1 unspecified atom stereocenters. The Morgan fingerprint density at radius 1 is 0.730 bits per heavy atom. The van der Waals surface area contributed by atoms with E-state index in [4.69, 9.17) is 23.7 Å². The summed E-state index contributed by atoms with van der Waals surface area (Å²) >= 11 is 0. The lowest BCUT2D eigenvalue weighted by molar-refractivity contribution is -0.127. The summed E-state index contributed by atoms with van der Waals surface area (Å²) in [5.41, 5.74) is 0. The smallest absolute Gasteiger partial charge is 0.246 e. The summed E-state index contributed by atoms with van der Waals surface area (Å²) in [4.78, 5) is 12.0. The summed E-state index contributed by atoms with van der Waals surface area (Å²) in [5.74, 6) is -0.227. The van der Waals surface area contributed by atoms with Crippen LogP contribution < -0.4 is 5.32 Å². The SMILES string of the molecule is BCCCCCCCCCCCC/C=C/CC(CO)NC(=O)COCCOCCOCCOCCOC. The minimum Gasteiger partial charge on any atom is -0.394 e. The van der Waals surface area contributed by atoms with Crippen molar-refractivity contribution in [2.24, 2.45) is 0 Å². The molecule has 218 valence electrons. The van der Waals surface area contributed by atoms with Crippen molar-refractivity contribution < 1.29 is 33.6 Å². The summed E-state index contributed by atoms with van der Waals surface area (Å²) in [6.07, 6.45) is 20.7. The molecule has 8 nitrogen and oxygen atoms in total. The van der Waals surface area contributed by atoms with Gasteiger partial charge >= 0.3 is 0 Å². The van der Waals surface area contributed by atoms with Crippen LogP contribution in [0.2, 0.25) is 6.32 Å². The molecule has 0 aromatic rings. The van der Waals surface area contributed by atoms with E-state index < -0.39 is 0 Å². The van der Waals surface area contributed by atoms with Crippen LogP contribution >= 0.6 is 0 Å². The van der Waals surface area contributed by atoms with Crippen LogP contribution in [0, 0.1) is 0 Å². The minimum atomic E-state index is -0.281. The van der Waals surface area contributed by atoms with Gasteiger partial charge in [-0.25, -0.2) is 0 Å². The molecule has 0 saturated carbocycles. The first-order valence-corrected chi connectivity index (χ1v) is 14.6. The second-order valence-corrected chi connectivity index (χ2v) is 9.36. The maximum absolute atomic E-state index is 12.0. The first kappa shape index (κ1) is 36.0. The summed E-state index contributed by atoms with van der Waals surface area (Å²) in [5, 5.41) is 12.3. The maximum Gasteiger partial charge on any atom is 0.246 e. The molecule has 0 aliphatic rings. The van der Waals surface area contributed by atoms with Crippen molar-refractivity contribution in [3.63, 3.8) is 0 Å². The van der Waals surface area contributed by atoms with E-state index in [1.165, 1.54) is 70.5 Å². The van der Waals surface area contributed by atoms with Gasteiger partial charge in [-0.15, -0.1) is 0 Å². The van der Waals surface area contributed by atoms with Gasteiger partial charge in [0.25, 0.3) is 0 Å². The summed E-state index contributed by atoms with van der Waals surface area (Å²) in [6, 6.07) is -0.281. The Bertz CT molecular complexity index is 497. The van der Waals surface area contributed by atoms with Crippen molar-refractivity contribution in [1.29, 1.82) is 0 Å². The van der Waals surface area contributed by atoms with Gasteiger partial charge in [-0.05, 0) is 19.3 Å². The summed E-state index contributed by atoms with van der Waals surface area (Å²) in [6.45, 7) is 3.74. The number of hydrogen-bond donors (Lipinski definition) is 2. The van der Waals surface area contributed by atoms with Crippen LogP contribution in [0.3, 0.4) is 0 Å². The number of aliphatic hydroxyl groups excluding tert-OH is 1. The summed E-state index contributed by atoms with van der Waals surface area (Å²) < 4.78 is 26.3. The number of carbonyl (C=O) groups is 1. The van der Waals surface area contributed by atoms with Crippen molar-refractivity contribution >= 4 is 13.8 Å². The van der Waals surface area contributed by atoms with E-state index in [0.717, 1.165) is 6.42 Å². The molecule has 0 aromatic heterocycles. The summed E-state index contributed by atoms with van der Waals surface area (Å²) in [7, 11) is 3.90. The third-order valence-electron chi connectivity index (χ3n) is 5.93. The average molecular weight is 530 g/mol. The molecule has 2 N–H and O–H groups in total. The van der Waals surface area contributed by atoms with E-state index in [9.17, 15) is 9.90 Å². The lowest BCUT2D eigenvalue weighted by Gasteiger charge is -2.14. The van der Waals surface area contributed by atoms with Gasteiger partial charge in [0.05, 0.1) is 65.5 Å². The van der Waals surface area contributed by atoms with Gasteiger partial charge in [0.15, 0.2) is 0 Å². The Labute approximate surface area is 227 Å². The van der Waals surface area contributed by atoms with Gasteiger partial charge in [-0.1, -0.05) is 76.3 Å². The third-order valence-corrected chi connectivity index (χ3v) is 5.93. The highest BCUT2D eigenvalue weighted by Gasteiger charge is 2.09. The highest BCUT2D eigenvalue weighted by molar-refractivity contribution is 6.08. The van der Waals surface area contributed by atoms with E-state index in [1.807, 2.05) is 0 Å². The van der Waals surface area contributed by atoms with Gasteiger partial charge in [0.2, 0.25) is 5.91 Å². The molecule has 0 radical (unpaired) electrons. The highest BCUT2D eigenvalue weighted by Crippen LogP contribution is 2.12. The number of unbranched alkanes of at least 4 members (excludes halogenated alkanes) is 10. The topological polar surface area (TPSA) is 95.5 Å². The van der Waals surface area contributed by atoms with Crippen molar-refractivity contribution in [2.75, 3.05) is 73.2 Å². The molecule has 0 fully saturated rings. The number of hydrogen-bond acceptors (Lipinski definition) is 7. The lowest BCUT2D eigenvalue weighted by Crippen LogP contribution is -2.39. The molecule has 0 heterocycles. The quantitative estimate of drug-likeness (QED) is 0.0836. The van der Waals surface area contributed by atoms with E-state index >= 15 is 0 Å². The Kier molecular flexibility index (Phi) is 30.4. The second-order valence-electron chi connectivity index (χ2n) is 9.36. The Morgan fingerprint density at radius 3 is 1.73 bits per heavy atom. The third kappa shape index (κ3) is 29.4. The van der Waals surface area contributed by atoms with Gasteiger partial charge in [0.1, 0.15) is 14.5 Å². The Morgan fingerprint density at radius 2 is 1.22 bits per heavy atom. The molecular weight excluding hydrogens is 473 g/mol. The zero-order chi connectivity index (χ0) is 27.1. The van der Waals surface area contributed by atoms with Crippen LogP contribution in [-0.2, 0) is 28.5 Å². The van der Waals surface area contributed by atoms with Crippen LogP contribution in [0.5, 0.6) is 0 Å². The molecule has 1 atom stereocenters. The first-order valence-electron chi connectivity index (χ1n) is 14.6. The van der Waals surface area contributed by atoms with Crippen molar-refractivity contribution in [3.8, 4) is 0 Å². The Hall–Kier alpha value is -0.965. The van der Waals surface area contributed by atoms with Crippen LogP contribution in [0.4, 0.5) is 0 Å². The molecule has 0 spiro atoms. The predicted molar refractivity (Wildman–Crippen MR) is 152 cm³/mol. The zero-order valence-corrected chi connectivity index (χ0v) is 23.9. The number of amides is 1. The van der Waals surface area contributed by atoms with Gasteiger partial charge in [-0.2, -0.15) is 0 Å². The number of aliphatic hydroxyl groups is 1. The van der Waals surface area contributed by atoms with Crippen LogP contribution in [-0.4, -0.2) is 98.1 Å². The van der Waals surface area contributed by atoms with Gasteiger partial charge in [-0.3, -0.25) is 4.79 Å². The predicted octanol–water partition coefficient (Wildman–Crippen LogP) is 3.47. The first-order chi connectivity index (χ1) is 18.2. The zero-order valence-electron chi connectivity index (χ0n) is 23.9. The monoisotopic (exact) mass is 529 g/mol. The molecule has 9 heteroatoms. The number of rotatable bonds is 30. The Balaban J connectivity index is 3.48. The molecule has 0 rings (SSSR count). The van der Waals surface area contributed by atoms with E-state index in [1.54, 1.807) is 7.11 Å². The molecule has 0 saturated heterocycles. The van der Waals surface area contributed by atoms with Crippen molar-refractivity contribution in [3.05, 3.63) is 12.2 Å². The fourth-order valence-corrected chi connectivity index (χ4v) is 3.72. The number of nitrogens with one attached hydrogen (secondary N) is 1. The van der Waals surface area contributed by atoms with E-state index in [0.29, 0.717) is 59.3 Å². The number of allylic oxidation sites excluding steroid dienone is 1. The number of carbonyl (C=O) groups excluding carboxylic acids is 1. The largest absolute Gasteiger partial charge is 0.394 e. The molecule has 0 aliphatic heterocycles. The van der Waals surface area contributed by atoms with E-state index in [-0.39, 0.29) is 25.2 Å². The van der Waals surface area contributed by atoms with Crippen LogP contribution in [0.15, 0.2) is 12.2 Å². The molecule has 0 bridgehead atoms. The van der Waals surface area contributed by atoms with Crippen molar-refractivity contribution in [2.45, 2.75) is 89.4 Å². The number of methoxy groups -OCH3 is 1. The molecule has 37 heavy (non-hydrogen) atoms. The average Bonchev–Trinajstić information content (AvgIpc) is 2.90. The minimum absolute atomic E-state index is 0.0440. The fourth-order valence-electron chi connectivity index (χ4n) is 3.72. The van der Waals surface area contributed by atoms with Gasteiger partial charge < -0.3 is 34.1 Å². The molecular formula is C28H56BNO7. The van der Waals surface area contributed by atoms with E-state index in [2.05, 4.69) is 25.3 Å². The van der Waals surface area contributed by atoms with Crippen LogP contribution in [0.1, 0.15) is 77.0 Å². The van der Waals surface area contributed by atoms with Gasteiger partial charge in [0, 0.05) is 7.11 Å². The molecule has 0 aliphatic carbocycles. The second kappa shape index (κ2) is 31.3.